The van der Waals surface area contributed by atoms with Gasteiger partial charge < -0.3 is 10.0 Å². The quantitative estimate of drug-likeness (QED) is 0.909. The van der Waals surface area contributed by atoms with E-state index in [9.17, 15) is 9.90 Å². The van der Waals surface area contributed by atoms with Crippen molar-refractivity contribution in [2.24, 2.45) is 0 Å². The third-order valence-electron chi connectivity index (χ3n) is 4.48. The van der Waals surface area contributed by atoms with Crippen LogP contribution in [0.15, 0.2) is 18.6 Å². The Hall–Kier alpha value is -2.22. The molecule has 0 aliphatic carbocycles. The van der Waals surface area contributed by atoms with Gasteiger partial charge in [0.1, 0.15) is 11.3 Å². The lowest BCUT2D eigenvalue weighted by atomic mass is 9.89. The third kappa shape index (κ3) is 3.06. The van der Waals surface area contributed by atoms with E-state index in [-0.39, 0.29) is 18.5 Å². The van der Waals surface area contributed by atoms with Crippen molar-refractivity contribution in [1.29, 1.82) is 0 Å². The zero-order chi connectivity index (χ0) is 17.3. The minimum atomic E-state index is -1.15. The number of rotatable bonds is 4. The van der Waals surface area contributed by atoms with Crippen LogP contribution in [0.3, 0.4) is 0 Å². The lowest BCUT2D eigenvalue weighted by molar-refractivity contribution is -0.0320. The van der Waals surface area contributed by atoms with Gasteiger partial charge in [-0.15, -0.1) is 5.10 Å². The number of aromatic nitrogens is 5. The van der Waals surface area contributed by atoms with E-state index < -0.39 is 5.60 Å². The zero-order valence-corrected chi connectivity index (χ0v) is 14.4. The van der Waals surface area contributed by atoms with Gasteiger partial charge in [0.05, 0.1) is 24.5 Å². The first-order valence-electron chi connectivity index (χ1n) is 8.39. The second-order valence-electron chi connectivity index (χ2n) is 6.62. The smallest absolute Gasteiger partial charge is 0.257 e. The molecule has 1 atom stereocenters. The van der Waals surface area contributed by atoms with Crippen molar-refractivity contribution in [1.82, 2.24) is 29.7 Å². The Morgan fingerprint density at radius 3 is 2.83 bits per heavy atom. The van der Waals surface area contributed by atoms with Crippen molar-refractivity contribution in [3.8, 4) is 0 Å². The number of likely N-dealkylation sites (tertiary alicyclic amines) is 1. The molecule has 0 radical (unpaired) electrons. The SMILES string of the molecule is CCn1cc(C(=O)N2CCC[C@@](O)(c3cn(C(C)C)nn3)C2)cn1. The summed E-state index contributed by atoms with van der Waals surface area (Å²) in [6.07, 6.45) is 6.38. The summed E-state index contributed by atoms with van der Waals surface area (Å²) in [7, 11) is 0. The summed E-state index contributed by atoms with van der Waals surface area (Å²) in [5.41, 5.74) is -0.0770. The number of carbonyl (C=O) groups excluding carboxylic acids is 1. The van der Waals surface area contributed by atoms with E-state index in [1.54, 1.807) is 32.9 Å². The largest absolute Gasteiger partial charge is 0.382 e. The summed E-state index contributed by atoms with van der Waals surface area (Å²) in [5, 5.41) is 23.4. The highest BCUT2D eigenvalue weighted by molar-refractivity contribution is 5.93. The van der Waals surface area contributed by atoms with Gasteiger partial charge in [-0.2, -0.15) is 5.10 Å². The summed E-state index contributed by atoms with van der Waals surface area (Å²) < 4.78 is 3.44. The predicted molar refractivity (Wildman–Crippen MR) is 87.3 cm³/mol. The van der Waals surface area contributed by atoms with Crippen LogP contribution in [0.4, 0.5) is 0 Å². The van der Waals surface area contributed by atoms with Crippen molar-refractivity contribution in [2.45, 2.75) is 51.8 Å². The molecular weight excluding hydrogens is 308 g/mol. The second-order valence-corrected chi connectivity index (χ2v) is 6.62. The zero-order valence-electron chi connectivity index (χ0n) is 14.4. The van der Waals surface area contributed by atoms with Crippen molar-refractivity contribution >= 4 is 5.91 Å². The molecular formula is C16H24N6O2. The molecule has 1 saturated heterocycles. The summed E-state index contributed by atoms with van der Waals surface area (Å²) in [4.78, 5) is 14.4. The van der Waals surface area contributed by atoms with E-state index in [2.05, 4.69) is 15.4 Å². The van der Waals surface area contributed by atoms with Gasteiger partial charge in [-0.1, -0.05) is 5.21 Å². The first-order chi connectivity index (χ1) is 11.4. The Bertz CT molecular complexity index is 722. The first-order valence-corrected chi connectivity index (χ1v) is 8.39. The molecule has 0 unspecified atom stereocenters. The number of aryl methyl sites for hydroxylation is 1. The number of hydrogen-bond donors (Lipinski definition) is 1. The van der Waals surface area contributed by atoms with Gasteiger partial charge in [0.15, 0.2) is 0 Å². The van der Waals surface area contributed by atoms with Gasteiger partial charge in [-0.25, -0.2) is 4.68 Å². The van der Waals surface area contributed by atoms with E-state index in [1.165, 1.54) is 0 Å². The Labute approximate surface area is 141 Å². The van der Waals surface area contributed by atoms with Gasteiger partial charge in [0.2, 0.25) is 0 Å². The molecule has 0 bridgehead atoms. The number of hydrogen-bond acceptors (Lipinski definition) is 5. The standard InChI is InChI=1S/C16H24N6O2/c1-4-21-9-13(8-17-21)15(23)20-7-5-6-16(24,11-20)14-10-22(12(2)3)19-18-14/h8-10,12,24H,4-7,11H2,1-3H3/t16-/m0/s1. The Kier molecular flexibility index (Phi) is 4.40. The highest BCUT2D eigenvalue weighted by Gasteiger charge is 2.39. The molecule has 3 rings (SSSR count). The maximum Gasteiger partial charge on any atom is 0.257 e. The van der Waals surface area contributed by atoms with Crippen LogP contribution in [0.5, 0.6) is 0 Å². The Balaban J connectivity index is 1.78. The van der Waals surface area contributed by atoms with E-state index in [0.29, 0.717) is 24.2 Å². The van der Waals surface area contributed by atoms with Crippen LogP contribution in [0, 0.1) is 0 Å². The monoisotopic (exact) mass is 332 g/mol. The number of nitrogens with zero attached hydrogens (tertiary/aromatic N) is 6. The first kappa shape index (κ1) is 16.6. The van der Waals surface area contributed by atoms with Crippen LogP contribution in [0.25, 0.3) is 0 Å². The molecule has 1 aliphatic heterocycles. The lowest BCUT2D eigenvalue weighted by Gasteiger charge is -2.37. The number of carbonyl (C=O) groups is 1. The van der Waals surface area contributed by atoms with Crippen LogP contribution in [-0.2, 0) is 12.1 Å². The molecule has 1 fully saturated rings. The minimum Gasteiger partial charge on any atom is -0.382 e. The number of piperidine rings is 1. The van der Waals surface area contributed by atoms with Crippen LogP contribution in [0.1, 0.15) is 55.7 Å². The molecule has 3 heterocycles. The molecule has 2 aromatic heterocycles. The average Bonchev–Trinajstić information content (AvgIpc) is 3.23. The normalized spacial score (nSPS) is 21.5. The van der Waals surface area contributed by atoms with E-state index >= 15 is 0 Å². The van der Waals surface area contributed by atoms with Gasteiger partial charge in [-0.3, -0.25) is 9.48 Å². The molecule has 130 valence electrons. The van der Waals surface area contributed by atoms with Crippen molar-refractivity contribution < 1.29 is 9.90 Å². The van der Waals surface area contributed by atoms with Gasteiger partial charge >= 0.3 is 0 Å². The molecule has 0 aromatic carbocycles. The summed E-state index contributed by atoms with van der Waals surface area (Å²) in [6, 6.07) is 0.177. The fourth-order valence-corrected chi connectivity index (χ4v) is 2.99. The number of aliphatic hydroxyl groups is 1. The fourth-order valence-electron chi connectivity index (χ4n) is 2.99. The van der Waals surface area contributed by atoms with Gasteiger partial charge in [0.25, 0.3) is 5.91 Å². The Morgan fingerprint density at radius 2 is 2.21 bits per heavy atom. The second kappa shape index (κ2) is 6.35. The molecule has 8 nitrogen and oxygen atoms in total. The summed E-state index contributed by atoms with van der Waals surface area (Å²) in [6.45, 7) is 7.54. The molecule has 24 heavy (non-hydrogen) atoms. The van der Waals surface area contributed by atoms with Gasteiger partial charge in [-0.05, 0) is 33.6 Å². The van der Waals surface area contributed by atoms with Gasteiger partial charge in [0, 0.05) is 25.3 Å². The van der Waals surface area contributed by atoms with Crippen LogP contribution < -0.4 is 0 Å². The molecule has 8 heteroatoms. The fraction of sp³-hybridized carbons (Fsp3) is 0.625. The van der Waals surface area contributed by atoms with Crippen LogP contribution >= 0.6 is 0 Å². The predicted octanol–water partition coefficient (Wildman–Crippen LogP) is 1.20. The molecule has 1 aliphatic rings. The molecule has 1 amide bonds. The van der Waals surface area contributed by atoms with E-state index in [0.717, 1.165) is 13.0 Å². The molecule has 0 saturated carbocycles. The lowest BCUT2D eigenvalue weighted by Crippen LogP contribution is -2.48. The average molecular weight is 332 g/mol. The third-order valence-corrected chi connectivity index (χ3v) is 4.48. The van der Waals surface area contributed by atoms with E-state index in [1.807, 2.05) is 20.8 Å². The van der Waals surface area contributed by atoms with Crippen LogP contribution in [-0.4, -0.2) is 53.8 Å². The molecule has 1 N–H and O–H groups in total. The topological polar surface area (TPSA) is 89.1 Å². The summed E-state index contributed by atoms with van der Waals surface area (Å²) >= 11 is 0. The molecule has 0 spiro atoms. The number of β-amino-alcohol motifs (C(OH)–C–C–N with tert-alkyl or cyclic N) is 1. The number of amides is 1. The van der Waals surface area contributed by atoms with Crippen molar-refractivity contribution in [2.75, 3.05) is 13.1 Å². The highest BCUT2D eigenvalue weighted by Crippen LogP contribution is 2.31. The Morgan fingerprint density at radius 1 is 1.42 bits per heavy atom. The van der Waals surface area contributed by atoms with Crippen molar-refractivity contribution in [3.05, 3.63) is 29.8 Å². The van der Waals surface area contributed by atoms with Crippen LogP contribution in [0.2, 0.25) is 0 Å². The van der Waals surface area contributed by atoms with Crippen molar-refractivity contribution in [3.63, 3.8) is 0 Å². The maximum atomic E-state index is 12.7. The molecule has 2 aromatic rings. The minimum absolute atomic E-state index is 0.107. The highest BCUT2D eigenvalue weighted by atomic mass is 16.3. The summed E-state index contributed by atoms with van der Waals surface area (Å²) in [5.74, 6) is -0.107. The maximum absolute atomic E-state index is 12.7. The van der Waals surface area contributed by atoms with E-state index in [4.69, 9.17) is 0 Å².